The first-order valence-electron chi connectivity index (χ1n) is 6.33. The third kappa shape index (κ3) is 2.50. The number of aliphatic carboxylic acids is 1. The molecular weight excluding hydrogens is 244 g/mol. The molecular formula is C14H14N2O3. The molecule has 0 radical (unpaired) electrons. The third-order valence-electron chi connectivity index (χ3n) is 3.44. The van der Waals surface area contributed by atoms with Gasteiger partial charge in [0.25, 0.3) is 0 Å². The average molecular weight is 258 g/mol. The lowest BCUT2D eigenvalue weighted by Gasteiger charge is -2.01. The molecule has 1 aromatic carbocycles. The molecule has 1 heterocycles. The van der Waals surface area contributed by atoms with Crippen LogP contribution in [0.3, 0.4) is 0 Å². The van der Waals surface area contributed by atoms with Gasteiger partial charge in [-0.25, -0.2) is 0 Å². The van der Waals surface area contributed by atoms with Crippen molar-refractivity contribution in [1.82, 2.24) is 10.2 Å². The largest absolute Gasteiger partial charge is 0.481 e. The van der Waals surface area contributed by atoms with E-state index in [0.717, 1.165) is 12.8 Å². The number of aryl methyl sites for hydroxylation is 1. The Bertz CT molecular complexity index is 581. The fourth-order valence-corrected chi connectivity index (χ4v) is 2.48. The van der Waals surface area contributed by atoms with Gasteiger partial charge in [-0.05, 0) is 24.0 Å². The first-order valence-corrected chi connectivity index (χ1v) is 6.33. The Morgan fingerprint density at radius 3 is 2.58 bits per heavy atom. The number of fused-ring (bicyclic) bond motifs is 1. The van der Waals surface area contributed by atoms with Gasteiger partial charge in [0.15, 0.2) is 0 Å². The Morgan fingerprint density at radius 1 is 1.26 bits per heavy atom. The Morgan fingerprint density at radius 2 is 1.95 bits per heavy atom. The van der Waals surface area contributed by atoms with Crippen molar-refractivity contribution in [3.8, 4) is 0 Å². The van der Waals surface area contributed by atoms with E-state index in [1.165, 1.54) is 11.1 Å². The van der Waals surface area contributed by atoms with Crippen molar-refractivity contribution in [2.45, 2.75) is 31.6 Å². The first kappa shape index (κ1) is 11.9. The number of aromatic nitrogens is 2. The molecule has 5 heteroatoms. The van der Waals surface area contributed by atoms with E-state index in [-0.39, 0.29) is 12.3 Å². The zero-order valence-electron chi connectivity index (χ0n) is 10.4. The van der Waals surface area contributed by atoms with Gasteiger partial charge in [-0.2, -0.15) is 0 Å². The summed E-state index contributed by atoms with van der Waals surface area (Å²) in [5.41, 5.74) is 2.66. The van der Waals surface area contributed by atoms with Crippen molar-refractivity contribution < 1.29 is 14.3 Å². The standard InChI is InChI=1S/C14H14N2O3/c17-13(18)6-5-12-15-16-14(19-12)11-7-9-3-1-2-4-10(9)8-11/h1-4,11H,5-8H2,(H,17,18). The van der Waals surface area contributed by atoms with E-state index in [2.05, 4.69) is 22.3 Å². The molecule has 0 amide bonds. The number of carboxylic acid groups (broad SMARTS) is 1. The van der Waals surface area contributed by atoms with Gasteiger partial charge in [-0.1, -0.05) is 24.3 Å². The van der Waals surface area contributed by atoms with Gasteiger partial charge >= 0.3 is 5.97 Å². The SMILES string of the molecule is O=C(O)CCc1nnc(C2Cc3ccccc3C2)o1. The van der Waals surface area contributed by atoms with Crippen LogP contribution in [0, 0.1) is 0 Å². The smallest absolute Gasteiger partial charge is 0.303 e. The van der Waals surface area contributed by atoms with E-state index in [4.69, 9.17) is 9.52 Å². The highest BCUT2D eigenvalue weighted by molar-refractivity contribution is 5.66. The Labute approximate surface area is 110 Å². The summed E-state index contributed by atoms with van der Waals surface area (Å²) >= 11 is 0. The molecule has 0 aliphatic heterocycles. The number of nitrogens with zero attached hydrogens (tertiary/aromatic N) is 2. The predicted molar refractivity (Wildman–Crippen MR) is 66.8 cm³/mol. The molecule has 0 fully saturated rings. The minimum atomic E-state index is -0.854. The van der Waals surface area contributed by atoms with Crippen LogP contribution < -0.4 is 0 Å². The van der Waals surface area contributed by atoms with Gasteiger partial charge in [0, 0.05) is 12.3 Å². The molecule has 1 aliphatic carbocycles. The molecule has 5 nitrogen and oxygen atoms in total. The predicted octanol–water partition coefficient (Wildman–Crippen LogP) is 1.97. The molecule has 1 aliphatic rings. The zero-order valence-corrected chi connectivity index (χ0v) is 10.4. The second-order valence-electron chi connectivity index (χ2n) is 4.80. The van der Waals surface area contributed by atoms with Crippen molar-refractivity contribution in [1.29, 1.82) is 0 Å². The van der Waals surface area contributed by atoms with E-state index in [1.807, 2.05) is 12.1 Å². The van der Waals surface area contributed by atoms with Crippen LogP contribution in [0.5, 0.6) is 0 Å². The van der Waals surface area contributed by atoms with Crippen LogP contribution in [-0.2, 0) is 24.1 Å². The molecule has 19 heavy (non-hydrogen) atoms. The van der Waals surface area contributed by atoms with Crippen molar-refractivity contribution in [3.63, 3.8) is 0 Å². The van der Waals surface area contributed by atoms with E-state index in [0.29, 0.717) is 18.2 Å². The lowest BCUT2D eigenvalue weighted by molar-refractivity contribution is -0.137. The summed E-state index contributed by atoms with van der Waals surface area (Å²) in [6.07, 6.45) is 2.14. The lowest BCUT2D eigenvalue weighted by Crippen LogP contribution is -1.98. The molecule has 98 valence electrons. The van der Waals surface area contributed by atoms with Gasteiger partial charge in [-0.3, -0.25) is 4.79 Å². The molecule has 0 saturated heterocycles. The van der Waals surface area contributed by atoms with Crippen LogP contribution in [0.25, 0.3) is 0 Å². The molecule has 1 aromatic heterocycles. The summed E-state index contributed by atoms with van der Waals surface area (Å²) in [6, 6.07) is 8.31. The molecule has 0 atom stereocenters. The minimum absolute atomic E-state index is 0.0204. The van der Waals surface area contributed by atoms with E-state index >= 15 is 0 Å². The highest BCUT2D eigenvalue weighted by atomic mass is 16.4. The van der Waals surface area contributed by atoms with Crippen LogP contribution in [0.2, 0.25) is 0 Å². The maximum absolute atomic E-state index is 10.5. The van der Waals surface area contributed by atoms with Gasteiger partial charge in [0.1, 0.15) is 0 Å². The summed E-state index contributed by atoms with van der Waals surface area (Å²) in [6.45, 7) is 0. The molecule has 0 unspecified atom stereocenters. The molecule has 3 rings (SSSR count). The van der Waals surface area contributed by atoms with Crippen LogP contribution in [0.4, 0.5) is 0 Å². The Balaban J connectivity index is 1.70. The molecule has 1 N–H and O–H groups in total. The van der Waals surface area contributed by atoms with Crippen molar-refractivity contribution in [2.75, 3.05) is 0 Å². The first-order chi connectivity index (χ1) is 9.22. The number of carbonyl (C=O) groups is 1. The zero-order chi connectivity index (χ0) is 13.2. The summed E-state index contributed by atoms with van der Waals surface area (Å²) < 4.78 is 5.56. The van der Waals surface area contributed by atoms with Gasteiger partial charge < -0.3 is 9.52 Å². The Kier molecular flexibility index (Phi) is 3.03. The van der Waals surface area contributed by atoms with Crippen LogP contribution in [0.15, 0.2) is 28.7 Å². The number of rotatable bonds is 4. The summed E-state index contributed by atoms with van der Waals surface area (Å²) in [7, 11) is 0. The van der Waals surface area contributed by atoms with Crippen molar-refractivity contribution in [3.05, 3.63) is 47.2 Å². The monoisotopic (exact) mass is 258 g/mol. The van der Waals surface area contributed by atoms with Crippen LogP contribution in [0.1, 0.15) is 35.2 Å². The van der Waals surface area contributed by atoms with E-state index in [9.17, 15) is 4.79 Å². The number of benzene rings is 1. The second kappa shape index (κ2) is 4.84. The fraction of sp³-hybridized carbons (Fsp3) is 0.357. The van der Waals surface area contributed by atoms with Crippen LogP contribution >= 0.6 is 0 Å². The lowest BCUT2D eigenvalue weighted by atomic mass is 10.1. The number of carboxylic acids is 1. The van der Waals surface area contributed by atoms with Gasteiger partial charge in [0.05, 0.1) is 6.42 Å². The third-order valence-corrected chi connectivity index (χ3v) is 3.44. The number of hydrogen-bond donors (Lipinski definition) is 1. The highest BCUT2D eigenvalue weighted by Crippen LogP contribution is 2.33. The van der Waals surface area contributed by atoms with E-state index in [1.54, 1.807) is 0 Å². The summed E-state index contributed by atoms with van der Waals surface area (Å²) in [4.78, 5) is 10.5. The molecule has 2 aromatic rings. The van der Waals surface area contributed by atoms with Crippen molar-refractivity contribution >= 4 is 5.97 Å². The molecule has 0 spiro atoms. The highest BCUT2D eigenvalue weighted by Gasteiger charge is 2.26. The average Bonchev–Trinajstić information content (AvgIpc) is 3.02. The van der Waals surface area contributed by atoms with Gasteiger partial charge in [0.2, 0.25) is 11.8 Å². The quantitative estimate of drug-likeness (QED) is 0.907. The second-order valence-corrected chi connectivity index (χ2v) is 4.80. The maximum Gasteiger partial charge on any atom is 0.303 e. The Hall–Kier alpha value is -2.17. The number of hydrogen-bond acceptors (Lipinski definition) is 4. The van der Waals surface area contributed by atoms with Crippen LogP contribution in [-0.4, -0.2) is 21.3 Å². The normalized spacial score (nSPS) is 14.5. The van der Waals surface area contributed by atoms with Crippen molar-refractivity contribution in [2.24, 2.45) is 0 Å². The van der Waals surface area contributed by atoms with Gasteiger partial charge in [-0.15, -0.1) is 10.2 Å². The van der Waals surface area contributed by atoms with E-state index < -0.39 is 5.97 Å². The molecule has 0 bridgehead atoms. The summed E-state index contributed by atoms with van der Waals surface area (Å²) in [5.74, 6) is 0.404. The summed E-state index contributed by atoms with van der Waals surface area (Å²) in [5, 5.41) is 16.6. The topological polar surface area (TPSA) is 76.2 Å². The molecule has 0 saturated carbocycles. The maximum atomic E-state index is 10.5. The fourth-order valence-electron chi connectivity index (χ4n) is 2.48. The minimum Gasteiger partial charge on any atom is -0.481 e.